The Bertz CT molecular complexity index is 7090. The van der Waals surface area contributed by atoms with Gasteiger partial charge in [-0.1, -0.05) is 117 Å². The van der Waals surface area contributed by atoms with E-state index in [1.165, 1.54) is 68.1 Å². The molecule has 4 saturated heterocycles. The fourth-order valence-electron chi connectivity index (χ4n) is 19.1. The van der Waals surface area contributed by atoms with E-state index in [1.54, 1.807) is 60.7 Å². The van der Waals surface area contributed by atoms with E-state index in [9.17, 15) is 79.1 Å². The van der Waals surface area contributed by atoms with Crippen LogP contribution in [0.15, 0.2) is 176 Å². The van der Waals surface area contributed by atoms with Crippen LogP contribution in [0.25, 0.3) is 82.3 Å². The Kier molecular flexibility index (Phi) is 31.3. The molecule has 19 rings (SSSR count). The average Bonchev–Trinajstić information content (AvgIpc) is 1.54. The topological polar surface area (TPSA) is 456 Å². The Hall–Kier alpha value is -14.7. The number of nitrogens with zero attached hydrogens (tertiary/aromatic N) is 9. The molecule has 33 heteroatoms. The van der Waals surface area contributed by atoms with Crippen molar-refractivity contribution in [1.82, 2.24) is 43.9 Å². The van der Waals surface area contributed by atoms with E-state index in [2.05, 4.69) is 37.9 Å². The van der Waals surface area contributed by atoms with Gasteiger partial charge in [0.1, 0.15) is 51.9 Å². The molecule has 12 aromatic rings. The third-order valence-corrected chi connectivity index (χ3v) is 28.4. The number of carbonyl (C=O) groups is 12. The van der Waals surface area contributed by atoms with E-state index < -0.39 is 51.3 Å². The SMILES string of the molecule is CC(C)(C)OC(=O)CCc1ccc2c(-c3ccc(F)cc3)cc(C(N)=O)nc2c1.CC1CC=C(c2cc(C(N)=O)nc3cc(CN4C(=O)CCC4=O)ccc23)CC1.NC(=O)c1cc(-c2ccc(F)cc2)c2ccc(CN3CCCCS3(=O)=O)cc2n1.NC(=O)c1cc(C2CCC(F)CC2)c2ccc(CN3C(=O)CCC3=O)cc2n1.NC(=O)c1cc(C2CCCCC2)c2ccc(CN3C(=O)CCC3=O)cc2n1. The van der Waals surface area contributed by atoms with Crippen LogP contribution in [-0.4, -0.2) is 147 Å². The van der Waals surface area contributed by atoms with Crippen LogP contribution < -0.4 is 28.7 Å². The molecule has 1 atom stereocenters. The Morgan fingerprint density at radius 2 is 0.745 bits per heavy atom. The van der Waals surface area contributed by atoms with Gasteiger partial charge in [0, 0.05) is 85.0 Å². The number of allylic oxidation sites excluding steroid dienone is 2. The number of benzene rings is 7. The number of imide groups is 3. The zero-order chi connectivity index (χ0) is 100. The van der Waals surface area contributed by atoms with Crippen molar-refractivity contribution in [2.45, 2.75) is 219 Å². The fraction of sp³-hybridized carbons (Fsp3) is 0.343. The van der Waals surface area contributed by atoms with E-state index in [0.29, 0.717) is 77.2 Å². The molecule has 2 saturated carbocycles. The number of rotatable bonds is 21. The molecule has 7 aliphatic rings. The van der Waals surface area contributed by atoms with Gasteiger partial charge in [0.2, 0.25) is 45.5 Å². The molecule has 11 amide bonds. The summed E-state index contributed by atoms with van der Waals surface area (Å²) < 4.78 is 71.6. The summed E-state index contributed by atoms with van der Waals surface area (Å²) in [5, 5.41) is 4.45. The molecular weight excluding hydrogens is 1820 g/mol. The monoisotopic (exact) mass is 1930 g/mol. The van der Waals surface area contributed by atoms with Gasteiger partial charge < -0.3 is 33.4 Å². The van der Waals surface area contributed by atoms with E-state index in [1.807, 2.05) is 106 Å². The van der Waals surface area contributed by atoms with Crippen molar-refractivity contribution in [3.05, 3.63) is 261 Å². The second-order valence-corrected chi connectivity index (χ2v) is 40.0. The first-order valence-corrected chi connectivity index (χ1v) is 49.2. The molecule has 141 heavy (non-hydrogen) atoms. The van der Waals surface area contributed by atoms with Gasteiger partial charge >= 0.3 is 5.97 Å². The molecule has 730 valence electrons. The number of ether oxygens (including phenoxy) is 1. The van der Waals surface area contributed by atoms with Crippen molar-refractivity contribution in [1.29, 1.82) is 0 Å². The number of hydrogen-bond donors (Lipinski definition) is 5. The summed E-state index contributed by atoms with van der Waals surface area (Å²) in [6.45, 7) is 9.13. The lowest BCUT2D eigenvalue weighted by Crippen LogP contribution is -2.37. The minimum Gasteiger partial charge on any atom is -0.460 e. The van der Waals surface area contributed by atoms with Gasteiger partial charge in [-0.2, -0.15) is 4.31 Å². The molecule has 29 nitrogen and oxygen atoms in total. The first-order valence-electron chi connectivity index (χ1n) is 47.5. The number of primary amides is 5. The second-order valence-electron chi connectivity index (χ2n) is 37.9. The summed E-state index contributed by atoms with van der Waals surface area (Å²) in [6, 6.07) is 48.7. The first kappa shape index (κ1) is 101. The number of likely N-dealkylation sites (tertiary alicyclic amines) is 3. The number of esters is 1. The number of amides is 11. The van der Waals surface area contributed by atoms with Gasteiger partial charge in [-0.05, 0) is 273 Å². The van der Waals surface area contributed by atoms with Crippen molar-refractivity contribution in [2.75, 3.05) is 12.3 Å². The lowest BCUT2D eigenvalue weighted by molar-refractivity contribution is -0.155. The lowest BCUT2D eigenvalue weighted by Gasteiger charge is -2.26. The maximum Gasteiger partial charge on any atom is 0.306 e. The summed E-state index contributed by atoms with van der Waals surface area (Å²) in [7, 11) is -3.25. The highest BCUT2D eigenvalue weighted by Crippen LogP contribution is 2.42. The predicted octanol–water partition coefficient (Wildman–Crippen LogP) is 16.7. The third kappa shape index (κ3) is 24.8. The van der Waals surface area contributed by atoms with Crippen molar-refractivity contribution in [3.8, 4) is 22.3 Å². The van der Waals surface area contributed by atoms with Crippen LogP contribution in [0.3, 0.4) is 0 Å². The highest BCUT2D eigenvalue weighted by Gasteiger charge is 2.35. The smallest absolute Gasteiger partial charge is 0.306 e. The summed E-state index contributed by atoms with van der Waals surface area (Å²) in [6.07, 6.45) is 16.7. The van der Waals surface area contributed by atoms with Gasteiger partial charge in [-0.25, -0.2) is 46.5 Å². The maximum absolute atomic E-state index is 13.6. The second kappa shape index (κ2) is 43.8. The quantitative estimate of drug-likeness (QED) is 0.0329. The number of alkyl halides is 1. The van der Waals surface area contributed by atoms with E-state index in [4.69, 9.17) is 33.4 Å². The molecule has 10 N–H and O–H groups in total. The number of sulfonamides is 1. The summed E-state index contributed by atoms with van der Waals surface area (Å²) in [5.41, 5.74) is 42.2. The lowest BCUT2D eigenvalue weighted by atomic mass is 9.81. The van der Waals surface area contributed by atoms with Crippen molar-refractivity contribution < 1.29 is 83.9 Å². The third-order valence-electron chi connectivity index (χ3n) is 26.5. The Morgan fingerprint density at radius 1 is 0.397 bits per heavy atom. The number of carbonyl (C=O) groups excluding carboxylic acids is 12. The fourth-order valence-corrected chi connectivity index (χ4v) is 20.7. The van der Waals surface area contributed by atoms with Gasteiger partial charge in [-0.3, -0.25) is 72.2 Å². The van der Waals surface area contributed by atoms with Crippen LogP contribution in [0.1, 0.15) is 271 Å². The summed E-state index contributed by atoms with van der Waals surface area (Å²) in [4.78, 5) is 168. The van der Waals surface area contributed by atoms with Crippen molar-refractivity contribution in [2.24, 2.45) is 34.6 Å². The van der Waals surface area contributed by atoms with E-state index >= 15 is 0 Å². The number of hydrogen-bond acceptors (Lipinski definition) is 20. The molecule has 6 fully saturated rings. The Balaban J connectivity index is 0.000000133. The molecule has 5 aromatic heterocycles. The van der Waals surface area contributed by atoms with Crippen LogP contribution in [0.5, 0.6) is 0 Å². The van der Waals surface area contributed by atoms with Crippen molar-refractivity contribution >= 4 is 141 Å². The van der Waals surface area contributed by atoms with Gasteiger partial charge in [-0.15, -0.1) is 0 Å². The molecule has 4 aliphatic heterocycles. The standard InChI is InChI=1S/C23H23FN2O3.C22H23N3O3.C21H20FN3O3S.C21H22FN3O3.C21H23N3O3/c1-23(2,3)29-21(27)11-5-14-4-10-17-18(15-6-8-16(24)9-7-15)13-20(22(25)28)26-19(17)12-14;1-13-2-5-15(6-3-13)17-11-19(22(23)28)24-18-10-14(4-7-16(17)18)12-25-20(26)8-9-21(25)27;22-16-6-4-15(5-7-16)18-12-20(21(23)26)24-19-11-14(3-8-17(18)19)13-25-9-1-2-10-29(25,27)28;22-14-4-2-13(3-5-14)16-10-18(21(23)28)24-17-9-12(1-6-15(16)17)11-25-19(26)7-8-20(25)27;22-21(27)18-11-16(14-4-2-1-3-5-14)15-7-6-13(10-17(15)23-18)12-24-19(25)8-9-20(24)26/h4,6-10,12-13H,5,11H2,1-3H3,(H2,25,28);4-5,7,10-11,13H,2-3,6,8-9,12H2,1H3,(H2,23,28);3-8,11-12H,1-2,9-10,13H2,(H2,23,26);1,6,9-10,13-14H,2-5,7-8,11H2,(H2,23,28);6-7,10-11,14H,1-5,8-9,12H2,(H2,22,27). The van der Waals surface area contributed by atoms with Crippen LogP contribution in [-0.2, 0) is 80.9 Å². The highest BCUT2D eigenvalue weighted by molar-refractivity contribution is 7.89. The zero-order valence-corrected chi connectivity index (χ0v) is 79.7. The molecule has 0 spiro atoms. The summed E-state index contributed by atoms with van der Waals surface area (Å²) >= 11 is 0. The predicted molar refractivity (Wildman–Crippen MR) is 527 cm³/mol. The Morgan fingerprint density at radius 3 is 1.12 bits per heavy atom. The van der Waals surface area contributed by atoms with Crippen molar-refractivity contribution in [3.63, 3.8) is 0 Å². The van der Waals surface area contributed by atoms with Gasteiger partial charge in [0.25, 0.3) is 29.5 Å². The van der Waals surface area contributed by atoms with Crippen LogP contribution in [0.2, 0.25) is 0 Å². The number of aryl methyl sites for hydroxylation is 1. The van der Waals surface area contributed by atoms with Crippen LogP contribution in [0, 0.1) is 17.6 Å². The van der Waals surface area contributed by atoms with E-state index in [-0.39, 0.29) is 164 Å². The van der Waals surface area contributed by atoms with Gasteiger partial charge in [0.15, 0.2) is 0 Å². The molecule has 0 bridgehead atoms. The molecular formula is C108H111F3N14O15S. The van der Waals surface area contributed by atoms with E-state index in [0.717, 1.165) is 139 Å². The number of aromatic nitrogens is 5. The largest absolute Gasteiger partial charge is 0.460 e. The number of pyridine rings is 5. The maximum atomic E-state index is 13.6. The normalized spacial score (nSPS) is 17.8. The molecule has 0 radical (unpaired) electrons. The van der Waals surface area contributed by atoms with Crippen LogP contribution in [0.4, 0.5) is 13.2 Å². The minimum atomic E-state index is -3.25. The molecule has 3 aliphatic carbocycles. The summed E-state index contributed by atoms with van der Waals surface area (Å²) in [5.74, 6) is -3.52. The molecule has 7 aromatic carbocycles. The zero-order valence-electron chi connectivity index (χ0n) is 78.9. The van der Waals surface area contributed by atoms with Crippen LogP contribution >= 0.6 is 0 Å². The average molecular weight is 1930 g/mol. The number of fused-ring (bicyclic) bond motifs is 5. The number of nitrogens with two attached hydrogens (primary N) is 5. The minimum absolute atomic E-state index is 0.0968. The van der Waals surface area contributed by atoms with Gasteiger partial charge in [0.05, 0.1) is 53.0 Å². The molecule has 9 heterocycles. The number of halogens is 3. The first-order chi connectivity index (χ1) is 67.3. The highest BCUT2D eigenvalue weighted by atomic mass is 32.2. The molecule has 1 unspecified atom stereocenters. The Labute approximate surface area is 812 Å².